The zero-order chi connectivity index (χ0) is 20.3. The molecule has 1 aromatic carbocycles. The fourth-order valence-corrected chi connectivity index (χ4v) is 3.10. The molecule has 28 heavy (non-hydrogen) atoms. The number of aryl methyl sites for hydroxylation is 2. The molecular formula is C20H20N6O2. The van der Waals surface area contributed by atoms with Gasteiger partial charge in [-0.2, -0.15) is 10.4 Å². The average molecular weight is 376 g/mol. The number of benzene rings is 1. The summed E-state index contributed by atoms with van der Waals surface area (Å²) in [6.45, 7) is 3.76. The van der Waals surface area contributed by atoms with Gasteiger partial charge in [-0.15, -0.1) is 0 Å². The van der Waals surface area contributed by atoms with Crippen molar-refractivity contribution in [3.8, 4) is 6.07 Å². The van der Waals surface area contributed by atoms with E-state index in [-0.39, 0.29) is 18.2 Å². The summed E-state index contributed by atoms with van der Waals surface area (Å²) in [5.41, 5.74) is 4.56. The minimum atomic E-state index is -0.210. The first-order chi connectivity index (χ1) is 13.4. The summed E-state index contributed by atoms with van der Waals surface area (Å²) in [6, 6.07) is 8.85. The molecule has 2 heterocycles. The molecule has 3 aromatic rings. The van der Waals surface area contributed by atoms with Crippen LogP contribution in [-0.2, 0) is 11.2 Å². The quantitative estimate of drug-likeness (QED) is 0.708. The van der Waals surface area contributed by atoms with Crippen molar-refractivity contribution in [2.75, 3.05) is 12.4 Å². The zero-order valence-corrected chi connectivity index (χ0v) is 15.9. The SMILES string of the molecule is CNC(=O)c1cccc(NC(=O)CCc2c(C)nc3c(C#N)cnn3c2C)c1. The lowest BCUT2D eigenvalue weighted by atomic mass is 10.1. The van der Waals surface area contributed by atoms with Gasteiger partial charge in [0, 0.05) is 36.1 Å². The number of hydrogen-bond donors (Lipinski definition) is 2. The molecule has 0 spiro atoms. The minimum absolute atomic E-state index is 0.161. The van der Waals surface area contributed by atoms with Gasteiger partial charge in [0.1, 0.15) is 11.6 Å². The smallest absolute Gasteiger partial charge is 0.251 e. The lowest BCUT2D eigenvalue weighted by Crippen LogP contribution is -2.18. The van der Waals surface area contributed by atoms with E-state index in [4.69, 9.17) is 5.26 Å². The summed E-state index contributed by atoms with van der Waals surface area (Å²) in [5, 5.41) is 18.7. The predicted octanol–water partition coefficient (Wildman–Crippen LogP) is 2.15. The highest BCUT2D eigenvalue weighted by Crippen LogP contribution is 2.19. The number of fused-ring (bicyclic) bond motifs is 1. The Hall–Kier alpha value is -3.73. The van der Waals surface area contributed by atoms with E-state index in [0.717, 1.165) is 17.0 Å². The average Bonchev–Trinajstić information content (AvgIpc) is 3.10. The standard InChI is InChI=1S/C20H20N6O2/c1-12-17(13(2)26-19(24-12)15(10-21)11-23-26)7-8-18(27)25-16-6-4-5-14(9-16)20(28)22-3/h4-6,9,11H,7-8H2,1-3H3,(H,22,28)(H,25,27). The molecule has 0 unspecified atom stereocenters. The van der Waals surface area contributed by atoms with Crippen LogP contribution < -0.4 is 10.6 Å². The van der Waals surface area contributed by atoms with Crippen molar-refractivity contribution in [1.29, 1.82) is 5.26 Å². The first kappa shape index (κ1) is 19.0. The largest absolute Gasteiger partial charge is 0.355 e. The summed E-state index contributed by atoms with van der Waals surface area (Å²) in [7, 11) is 1.56. The monoisotopic (exact) mass is 376 g/mol. The lowest BCUT2D eigenvalue weighted by Gasteiger charge is -2.11. The summed E-state index contributed by atoms with van der Waals surface area (Å²) in [6.07, 6.45) is 2.24. The molecule has 3 rings (SSSR count). The Labute approximate surface area is 162 Å². The van der Waals surface area contributed by atoms with Crippen LogP contribution in [0.3, 0.4) is 0 Å². The number of amides is 2. The molecule has 0 aliphatic rings. The molecule has 8 nitrogen and oxygen atoms in total. The van der Waals surface area contributed by atoms with Gasteiger partial charge < -0.3 is 10.6 Å². The second-order valence-corrected chi connectivity index (χ2v) is 6.37. The molecule has 0 atom stereocenters. The third-order valence-electron chi connectivity index (χ3n) is 4.57. The normalized spacial score (nSPS) is 10.5. The molecule has 142 valence electrons. The van der Waals surface area contributed by atoms with Crippen LogP contribution in [0, 0.1) is 25.2 Å². The molecule has 0 aliphatic carbocycles. The van der Waals surface area contributed by atoms with Crippen molar-refractivity contribution in [3.63, 3.8) is 0 Å². The molecule has 8 heteroatoms. The maximum Gasteiger partial charge on any atom is 0.251 e. The van der Waals surface area contributed by atoms with Crippen LogP contribution in [0.5, 0.6) is 0 Å². The van der Waals surface area contributed by atoms with E-state index < -0.39 is 0 Å². The van der Waals surface area contributed by atoms with E-state index in [0.29, 0.717) is 28.9 Å². The van der Waals surface area contributed by atoms with Crippen molar-refractivity contribution >= 4 is 23.1 Å². The number of nitrogens with zero attached hydrogens (tertiary/aromatic N) is 4. The number of rotatable bonds is 5. The van der Waals surface area contributed by atoms with Gasteiger partial charge in [0.15, 0.2) is 5.65 Å². The Bertz CT molecular complexity index is 1110. The molecule has 2 amide bonds. The number of aromatic nitrogens is 3. The second kappa shape index (κ2) is 7.88. The van der Waals surface area contributed by atoms with E-state index in [1.807, 2.05) is 13.8 Å². The van der Waals surface area contributed by atoms with E-state index in [1.165, 1.54) is 6.20 Å². The van der Waals surface area contributed by atoms with Gasteiger partial charge in [-0.25, -0.2) is 9.50 Å². The molecule has 2 aromatic heterocycles. The number of carbonyl (C=O) groups excluding carboxylic acids is 2. The van der Waals surface area contributed by atoms with Crippen molar-refractivity contribution < 1.29 is 9.59 Å². The van der Waals surface area contributed by atoms with Crippen molar-refractivity contribution in [1.82, 2.24) is 19.9 Å². The first-order valence-electron chi connectivity index (χ1n) is 8.80. The minimum Gasteiger partial charge on any atom is -0.355 e. The van der Waals surface area contributed by atoms with Crippen molar-refractivity contribution in [2.24, 2.45) is 0 Å². The molecule has 0 saturated carbocycles. The Balaban J connectivity index is 1.73. The fraction of sp³-hybridized carbons (Fsp3) is 0.250. The van der Waals surface area contributed by atoms with E-state index >= 15 is 0 Å². The number of hydrogen-bond acceptors (Lipinski definition) is 5. The van der Waals surface area contributed by atoms with Crippen molar-refractivity contribution in [2.45, 2.75) is 26.7 Å². The second-order valence-electron chi connectivity index (χ2n) is 6.37. The van der Waals surface area contributed by atoms with Gasteiger partial charge in [0.2, 0.25) is 5.91 Å². The Kier molecular flexibility index (Phi) is 5.36. The molecular weight excluding hydrogens is 356 g/mol. The molecule has 2 N–H and O–H groups in total. The number of anilines is 1. The fourth-order valence-electron chi connectivity index (χ4n) is 3.10. The molecule has 0 aliphatic heterocycles. The van der Waals surface area contributed by atoms with Crippen LogP contribution in [0.1, 0.15) is 39.3 Å². The van der Waals surface area contributed by atoms with Crippen LogP contribution in [0.25, 0.3) is 5.65 Å². The summed E-state index contributed by atoms with van der Waals surface area (Å²) in [5.74, 6) is -0.371. The van der Waals surface area contributed by atoms with Gasteiger partial charge >= 0.3 is 0 Å². The summed E-state index contributed by atoms with van der Waals surface area (Å²) >= 11 is 0. The van der Waals surface area contributed by atoms with Gasteiger partial charge in [-0.05, 0) is 44.0 Å². The molecule has 0 radical (unpaired) electrons. The highest BCUT2D eigenvalue weighted by Gasteiger charge is 2.15. The van der Waals surface area contributed by atoms with Crippen LogP contribution in [0.2, 0.25) is 0 Å². The van der Waals surface area contributed by atoms with E-state index in [1.54, 1.807) is 35.8 Å². The van der Waals surface area contributed by atoms with Crippen LogP contribution in [-0.4, -0.2) is 33.5 Å². The number of carbonyl (C=O) groups is 2. The lowest BCUT2D eigenvalue weighted by molar-refractivity contribution is -0.116. The third kappa shape index (κ3) is 3.69. The Morgan fingerprint density at radius 3 is 2.79 bits per heavy atom. The maximum absolute atomic E-state index is 12.4. The van der Waals surface area contributed by atoms with Gasteiger partial charge in [-0.3, -0.25) is 9.59 Å². The highest BCUT2D eigenvalue weighted by molar-refractivity contribution is 5.97. The van der Waals surface area contributed by atoms with Crippen LogP contribution in [0.15, 0.2) is 30.5 Å². The van der Waals surface area contributed by atoms with Gasteiger partial charge in [0.25, 0.3) is 5.91 Å². The Morgan fingerprint density at radius 1 is 1.29 bits per heavy atom. The van der Waals surface area contributed by atoms with Gasteiger partial charge in [0.05, 0.1) is 6.20 Å². The van der Waals surface area contributed by atoms with Gasteiger partial charge in [-0.1, -0.05) is 6.07 Å². The number of nitriles is 1. The van der Waals surface area contributed by atoms with Crippen LogP contribution in [0.4, 0.5) is 5.69 Å². The molecule has 0 saturated heterocycles. The zero-order valence-electron chi connectivity index (χ0n) is 15.9. The summed E-state index contributed by atoms with van der Waals surface area (Å²) in [4.78, 5) is 28.6. The first-order valence-corrected chi connectivity index (χ1v) is 8.80. The van der Waals surface area contributed by atoms with E-state index in [9.17, 15) is 9.59 Å². The predicted molar refractivity (Wildman–Crippen MR) is 104 cm³/mol. The maximum atomic E-state index is 12.4. The number of nitrogens with one attached hydrogen (secondary N) is 2. The van der Waals surface area contributed by atoms with Crippen LogP contribution >= 0.6 is 0 Å². The topological polar surface area (TPSA) is 112 Å². The Morgan fingerprint density at radius 2 is 2.07 bits per heavy atom. The molecule has 0 fully saturated rings. The van der Waals surface area contributed by atoms with E-state index in [2.05, 4.69) is 26.8 Å². The highest BCUT2D eigenvalue weighted by atomic mass is 16.2. The third-order valence-corrected chi connectivity index (χ3v) is 4.57. The summed E-state index contributed by atoms with van der Waals surface area (Å²) < 4.78 is 1.63. The van der Waals surface area contributed by atoms with Crippen molar-refractivity contribution in [3.05, 3.63) is 58.5 Å². The molecule has 0 bridgehead atoms.